The summed E-state index contributed by atoms with van der Waals surface area (Å²) in [6.07, 6.45) is 0. The maximum Gasteiger partial charge on any atom is 0.164 e. The predicted molar refractivity (Wildman–Crippen MR) is 187 cm³/mol. The van der Waals surface area contributed by atoms with Gasteiger partial charge in [-0.05, 0) is 40.8 Å². The summed E-state index contributed by atoms with van der Waals surface area (Å²) in [5.41, 5.74) is 6.75. The van der Waals surface area contributed by atoms with Gasteiger partial charge in [0.05, 0.1) is 11.0 Å². The van der Waals surface area contributed by atoms with E-state index in [0.29, 0.717) is 17.5 Å². The largest absolute Gasteiger partial charge is 0.237 e. The van der Waals surface area contributed by atoms with E-state index in [4.69, 9.17) is 24.9 Å². The summed E-state index contributed by atoms with van der Waals surface area (Å²) in [6, 6.07) is 47.6. The Balaban J connectivity index is 1.20. The van der Waals surface area contributed by atoms with Crippen molar-refractivity contribution in [2.45, 2.75) is 19.8 Å². The van der Waals surface area contributed by atoms with Gasteiger partial charge in [-0.3, -0.25) is 0 Å². The Kier molecular flexibility index (Phi) is 6.58. The van der Waals surface area contributed by atoms with Crippen molar-refractivity contribution in [2.75, 3.05) is 0 Å². The maximum atomic E-state index is 5.17. The van der Waals surface area contributed by atoms with Crippen LogP contribution in [0, 0.1) is 0 Å². The van der Waals surface area contributed by atoms with Crippen molar-refractivity contribution in [1.29, 1.82) is 0 Å². The summed E-state index contributed by atoms with van der Waals surface area (Å²) in [5, 5.41) is 4.10. The Labute approximate surface area is 273 Å². The minimum absolute atomic E-state index is 0.626. The third-order valence-electron chi connectivity index (χ3n) is 8.01. The molecule has 216 valence electrons. The third kappa shape index (κ3) is 4.81. The number of hydrogen-bond acceptors (Lipinski definition) is 7. The van der Waals surface area contributed by atoms with Crippen LogP contribution in [0.3, 0.4) is 0 Å². The molecule has 0 amide bonds. The van der Waals surface area contributed by atoms with E-state index in [0.717, 1.165) is 59.7 Å². The van der Waals surface area contributed by atoms with Crippen LogP contribution in [0.2, 0.25) is 0 Å². The number of benzene rings is 6. The summed E-state index contributed by atoms with van der Waals surface area (Å²) < 4.78 is 0. The number of fused-ring (bicyclic) bond motifs is 5. The van der Waals surface area contributed by atoms with Crippen LogP contribution in [0.4, 0.5) is 0 Å². The lowest BCUT2D eigenvalue weighted by Crippen LogP contribution is -2.00. The highest BCUT2D eigenvalue weighted by Gasteiger charge is 2.22. The first-order valence-corrected chi connectivity index (χ1v) is 16.6. The second kappa shape index (κ2) is 11.2. The first-order valence-electron chi connectivity index (χ1n) is 14.9. The molecule has 9 rings (SSSR count). The van der Waals surface area contributed by atoms with E-state index in [1.807, 2.05) is 60.7 Å². The lowest BCUT2D eigenvalue weighted by Gasteiger charge is -2.18. The number of hydrogen-bond donors (Lipinski definition) is 0. The van der Waals surface area contributed by atoms with Crippen molar-refractivity contribution >= 4 is 45.3 Å². The Hall–Kier alpha value is -5.37. The van der Waals surface area contributed by atoms with E-state index in [1.165, 1.54) is 9.79 Å². The molecule has 46 heavy (non-hydrogen) atoms. The number of rotatable bonds is 4. The fourth-order valence-electron chi connectivity index (χ4n) is 5.82. The molecular weight excluding hydrogens is 603 g/mol. The van der Waals surface area contributed by atoms with Crippen molar-refractivity contribution in [3.63, 3.8) is 0 Å². The smallest absolute Gasteiger partial charge is 0.164 e. The van der Waals surface area contributed by atoms with E-state index in [-0.39, 0.29) is 0 Å². The molecule has 2 aromatic heterocycles. The molecule has 0 atom stereocenters. The molecule has 7 heteroatoms. The summed E-state index contributed by atoms with van der Waals surface area (Å²) in [6.45, 7) is 0. The van der Waals surface area contributed by atoms with Crippen LogP contribution >= 0.6 is 23.5 Å². The number of aromatic nitrogens is 5. The number of nitrogens with zero attached hydrogens (tertiary/aromatic N) is 5. The van der Waals surface area contributed by atoms with Crippen molar-refractivity contribution < 1.29 is 0 Å². The first-order chi connectivity index (χ1) is 22.8. The standard InChI is InChI=1S/C39H23N5S2/c1-3-12-24(13-4-1)35-42-36(25-14-5-2-6-15-25)44-37(43-35)27-17-11-16-26(22-27)30-23-31-34(29-19-8-7-18-28(29)30)41-39-38(40-31)45-32-20-9-10-21-33(32)46-39/h1-23H. The van der Waals surface area contributed by atoms with Gasteiger partial charge in [-0.15, -0.1) is 0 Å². The Bertz CT molecular complexity index is 2370. The molecule has 0 saturated heterocycles. The van der Waals surface area contributed by atoms with Crippen LogP contribution in [-0.2, 0) is 0 Å². The van der Waals surface area contributed by atoms with Crippen LogP contribution in [0.1, 0.15) is 0 Å². The molecular formula is C39H23N5S2. The zero-order chi connectivity index (χ0) is 30.5. The molecule has 0 N–H and O–H groups in total. The van der Waals surface area contributed by atoms with E-state index in [9.17, 15) is 0 Å². The summed E-state index contributed by atoms with van der Waals surface area (Å²) >= 11 is 3.38. The van der Waals surface area contributed by atoms with Crippen molar-refractivity contribution in [1.82, 2.24) is 24.9 Å². The monoisotopic (exact) mass is 625 g/mol. The van der Waals surface area contributed by atoms with Gasteiger partial charge >= 0.3 is 0 Å². The van der Waals surface area contributed by atoms with Gasteiger partial charge in [0.25, 0.3) is 0 Å². The Morgan fingerprint density at radius 3 is 1.52 bits per heavy atom. The SMILES string of the molecule is c1ccc(-c2nc(-c3ccccc3)nc(-c3cccc(-c4cc5nc6c(nc5c5ccccc45)Sc4ccccc4S6)c3)n2)cc1. The molecule has 0 bridgehead atoms. The van der Waals surface area contributed by atoms with E-state index in [2.05, 4.69) is 78.9 Å². The molecule has 0 spiro atoms. The van der Waals surface area contributed by atoms with Gasteiger partial charge in [0.2, 0.25) is 0 Å². The molecule has 8 aromatic rings. The van der Waals surface area contributed by atoms with Gasteiger partial charge in [0.1, 0.15) is 10.1 Å². The Morgan fingerprint density at radius 2 is 0.870 bits per heavy atom. The van der Waals surface area contributed by atoms with Gasteiger partial charge in [0, 0.05) is 31.9 Å². The first kappa shape index (κ1) is 27.0. The molecule has 1 aliphatic heterocycles. The molecule has 0 unspecified atom stereocenters. The molecule has 0 fully saturated rings. The highest BCUT2D eigenvalue weighted by atomic mass is 32.2. The lowest BCUT2D eigenvalue weighted by molar-refractivity contribution is 0.955. The van der Waals surface area contributed by atoms with Crippen LogP contribution in [0.25, 0.3) is 67.1 Å². The molecule has 3 heterocycles. The average molecular weight is 626 g/mol. The van der Waals surface area contributed by atoms with E-state index in [1.54, 1.807) is 23.5 Å². The van der Waals surface area contributed by atoms with E-state index >= 15 is 0 Å². The molecule has 5 nitrogen and oxygen atoms in total. The fourth-order valence-corrected chi connectivity index (χ4v) is 7.91. The average Bonchev–Trinajstić information content (AvgIpc) is 3.13. The normalized spacial score (nSPS) is 12.2. The quantitative estimate of drug-likeness (QED) is 0.180. The molecule has 6 aromatic carbocycles. The molecule has 0 saturated carbocycles. The molecule has 0 radical (unpaired) electrons. The topological polar surface area (TPSA) is 64.5 Å². The zero-order valence-corrected chi connectivity index (χ0v) is 26.0. The minimum atomic E-state index is 0.626. The zero-order valence-electron chi connectivity index (χ0n) is 24.3. The third-order valence-corrected chi connectivity index (χ3v) is 10.4. The maximum absolute atomic E-state index is 5.17. The van der Waals surface area contributed by atoms with Crippen molar-refractivity contribution in [2.24, 2.45) is 0 Å². The Morgan fingerprint density at radius 1 is 0.370 bits per heavy atom. The van der Waals surface area contributed by atoms with Gasteiger partial charge in [-0.25, -0.2) is 24.9 Å². The predicted octanol–water partition coefficient (Wildman–Crippen LogP) is 10.3. The van der Waals surface area contributed by atoms with Crippen LogP contribution in [0.5, 0.6) is 0 Å². The van der Waals surface area contributed by atoms with Crippen LogP contribution in [0.15, 0.2) is 159 Å². The van der Waals surface area contributed by atoms with Gasteiger partial charge in [-0.1, -0.05) is 139 Å². The van der Waals surface area contributed by atoms with Crippen molar-refractivity contribution in [3.8, 4) is 45.3 Å². The lowest BCUT2D eigenvalue weighted by atomic mass is 9.95. The molecule has 0 aliphatic carbocycles. The second-order valence-corrected chi connectivity index (χ2v) is 13.0. The summed E-state index contributed by atoms with van der Waals surface area (Å²) in [5.74, 6) is 1.91. The summed E-state index contributed by atoms with van der Waals surface area (Å²) in [7, 11) is 0. The van der Waals surface area contributed by atoms with Crippen molar-refractivity contribution in [3.05, 3.63) is 140 Å². The van der Waals surface area contributed by atoms with Crippen LogP contribution < -0.4 is 0 Å². The minimum Gasteiger partial charge on any atom is -0.237 e. The van der Waals surface area contributed by atoms with E-state index < -0.39 is 0 Å². The van der Waals surface area contributed by atoms with Gasteiger partial charge in [0.15, 0.2) is 17.5 Å². The second-order valence-electron chi connectivity index (χ2n) is 10.9. The fraction of sp³-hybridized carbons (Fsp3) is 0. The highest BCUT2D eigenvalue weighted by molar-refractivity contribution is 8.05. The van der Waals surface area contributed by atoms with Gasteiger partial charge in [-0.2, -0.15) is 0 Å². The summed E-state index contributed by atoms with van der Waals surface area (Å²) in [4.78, 5) is 27.6. The van der Waals surface area contributed by atoms with Gasteiger partial charge < -0.3 is 0 Å². The van der Waals surface area contributed by atoms with Crippen LogP contribution in [-0.4, -0.2) is 24.9 Å². The highest BCUT2D eigenvalue weighted by Crippen LogP contribution is 2.48. The molecule has 1 aliphatic rings.